The topological polar surface area (TPSA) is 50.8 Å². The van der Waals surface area contributed by atoms with E-state index in [0.717, 1.165) is 24.9 Å². The van der Waals surface area contributed by atoms with E-state index < -0.39 is 0 Å². The third-order valence-corrected chi connectivity index (χ3v) is 3.60. The molecule has 1 fully saturated rings. The third-order valence-electron chi connectivity index (χ3n) is 3.60. The fourth-order valence-electron chi connectivity index (χ4n) is 2.49. The number of carbonyl (C=O) groups is 1. The maximum Gasteiger partial charge on any atom is 0.239 e. The second kappa shape index (κ2) is 6.61. The highest BCUT2D eigenvalue weighted by atomic mass is 16.5. The fourth-order valence-corrected chi connectivity index (χ4v) is 2.49. The number of benzene rings is 1. The Kier molecular flexibility index (Phi) is 4.84. The fraction of sp³-hybridized carbons (Fsp3) is 0.533. The summed E-state index contributed by atoms with van der Waals surface area (Å²) in [6, 6.07) is 5.69. The average Bonchev–Trinajstić information content (AvgIpc) is 3.00. The Morgan fingerprint density at radius 1 is 1.35 bits per heavy atom. The number of nitrogens with one attached hydrogen (secondary N) is 1. The van der Waals surface area contributed by atoms with Crippen LogP contribution in [0.2, 0.25) is 0 Å². The smallest absolute Gasteiger partial charge is 0.239 e. The molecule has 2 rings (SSSR count). The van der Waals surface area contributed by atoms with E-state index in [-0.39, 0.29) is 11.9 Å². The van der Waals surface area contributed by atoms with Gasteiger partial charge in [-0.25, -0.2) is 0 Å². The molecule has 1 heterocycles. The van der Waals surface area contributed by atoms with Gasteiger partial charge in [0, 0.05) is 13.6 Å². The van der Waals surface area contributed by atoms with Gasteiger partial charge in [0.15, 0.2) is 11.5 Å². The van der Waals surface area contributed by atoms with Crippen molar-refractivity contribution in [3.63, 3.8) is 0 Å². The van der Waals surface area contributed by atoms with Gasteiger partial charge in [-0.3, -0.25) is 4.79 Å². The molecule has 0 bridgehead atoms. The normalized spacial score (nSPS) is 17.9. The van der Waals surface area contributed by atoms with Crippen LogP contribution in [0.25, 0.3) is 0 Å². The standard InChI is InChI=1S/C15H22N2O3/c1-17(15(18)12-5-4-8-16-12)10-11-6-7-13(19-2)14(9-11)20-3/h6-7,9,12,16H,4-5,8,10H2,1-3H3/t12-/m1/s1. The van der Waals surface area contributed by atoms with Crippen molar-refractivity contribution in [2.24, 2.45) is 0 Å². The summed E-state index contributed by atoms with van der Waals surface area (Å²) in [4.78, 5) is 14.0. The predicted octanol–water partition coefficient (Wildman–Crippen LogP) is 1.41. The molecule has 1 aliphatic heterocycles. The van der Waals surface area contributed by atoms with Crippen LogP contribution in [-0.4, -0.2) is 44.7 Å². The van der Waals surface area contributed by atoms with Gasteiger partial charge in [-0.2, -0.15) is 0 Å². The summed E-state index contributed by atoms with van der Waals surface area (Å²) >= 11 is 0. The first-order valence-electron chi connectivity index (χ1n) is 6.85. The zero-order valence-corrected chi connectivity index (χ0v) is 12.3. The monoisotopic (exact) mass is 278 g/mol. The zero-order chi connectivity index (χ0) is 14.5. The number of ether oxygens (including phenoxy) is 2. The molecule has 20 heavy (non-hydrogen) atoms. The SMILES string of the molecule is COc1ccc(CN(C)C(=O)[C@H]2CCCN2)cc1OC. The van der Waals surface area contributed by atoms with Gasteiger partial charge >= 0.3 is 0 Å². The second-order valence-corrected chi connectivity index (χ2v) is 5.03. The minimum atomic E-state index is -0.0276. The van der Waals surface area contributed by atoms with E-state index in [0.29, 0.717) is 18.0 Å². The van der Waals surface area contributed by atoms with E-state index in [1.165, 1.54) is 0 Å². The van der Waals surface area contributed by atoms with E-state index in [9.17, 15) is 4.79 Å². The Morgan fingerprint density at radius 2 is 2.10 bits per heavy atom. The van der Waals surface area contributed by atoms with Gasteiger partial charge in [-0.1, -0.05) is 6.07 Å². The van der Waals surface area contributed by atoms with Gasteiger partial charge in [0.2, 0.25) is 5.91 Å². The van der Waals surface area contributed by atoms with Gasteiger partial charge in [0.05, 0.1) is 20.3 Å². The molecule has 0 aliphatic carbocycles. The zero-order valence-electron chi connectivity index (χ0n) is 12.3. The van der Waals surface area contributed by atoms with Gasteiger partial charge in [0.1, 0.15) is 0 Å². The van der Waals surface area contributed by atoms with Crippen LogP contribution in [0, 0.1) is 0 Å². The molecule has 1 amide bonds. The third kappa shape index (κ3) is 3.22. The summed E-state index contributed by atoms with van der Waals surface area (Å²) in [6.07, 6.45) is 2.00. The average molecular weight is 278 g/mol. The van der Waals surface area contributed by atoms with Gasteiger partial charge in [-0.15, -0.1) is 0 Å². The number of hydrogen-bond acceptors (Lipinski definition) is 4. The molecule has 5 nitrogen and oxygen atoms in total. The first-order chi connectivity index (χ1) is 9.65. The van der Waals surface area contributed by atoms with Crippen molar-refractivity contribution in [1.29, 1.82) is 0 Å². The van der Waals surface area contributed by atoms with Crippen molar-refractivity contribution in [2.45, 2.75) is 25.4 Å². The summed E-state index contributed by atoms with van der Waals surface area (Å²) in [5.74, 6) is 1.53. The summed E-state index contributed by atoms with van der Waals surface area (Å²) in [5.41, 5.74) is 1.02. The Balaban J connectivity index is 2.03. The van der Waals surface area contributed by atoms with Crippen LogP contribution in [-0.2, 0) is 11.3 Å². The Hall–Kier alpha value is -1.75. The van der Waals surface area contributed by atoms with Crippen molar-refractivity contribution >= 4 is 5.91 Å². The molecule has 1 N–H and O–H groups in total. The maximum absolute atomic E-state index is 12.2. The number of methoxy groups -OCH3 is 2. The highest BCUT2D eigenvalue weighted by Gasteiger charge is 2.24. The molecule has 0 aromatic heterocycles. The van der Waals surface area contributed by atoms with E-state index in [4.69, 9.17) is 9.47 Å². The maximum atomic E-state index is 12.2. The van der Waals surface area contributed by atoms with Crippen LogP contribution in [0.15, 0.2) is 18.2 Å². The summed E-state index contributed by atoms with van der Waals surface area (Å²) < 4.78 is 10.5. The molecule has 0 spiro atoms. The molecule has 0 saturated carbocycles. The lowest BCUT2D eigenvalue weighted by Gasteiger charge is -2.21. The molecular weight excluding hydrogens is 256 g/mol. The molecule has 1 saturated heterocycles. The molecule has 5 heteroatoms. The van der Waals surface area contributed by atoms with Crippen LogP contribution in [0.4, 0.5) is 0 Å². The van der Waals surface area contributed by atoms with Crippen LogP contribution < -0.4 is 14.8 Å². The van der Waals surface area contributed by atoms with E-state index >= 15 is 0 Å². The Bertz CT molecular complexity index is 470. The van der Waals surface area contributed by atoms with Crippen molar-refractivity contribution in [3.05, 3.63) is 23.8 Å². The molecule has 0 radical (unpaired) electrons. The number of nitrogens with zero attached hydrogens (tertiary/aromatic N) is 1. The number of likely N-dealkylation sites (N-methyl/N-ethyl adjacent to an activating group) is 1. The number of amides is 1. The Labute approximate surface area is 119 Å². The summed E-state index contributed by atoms with van der Waals surface area (Å²) in [6.45, 7) is 1.50. The lowest BCUT2D eigenvalue weighted by molar-refractivity contribution is -0.132. The minimum absolute atomic E-state index is 0.0276. The van der Waals surface area contributed by atoms with Crippen molar-refractivity contribution in [2.75, 3.05) is 27.8 Å². The number of rotatable bonds is 5. The van der Waals surface area contributed by atoms with Crippen LogP contribution in [0.1, 0.15) is 18.4 Å². The van der Waals surface area contributed by atoms with Crippen molar-refractivity contribution < 1.29 is 14.3 Å². The summed E-state index contributed by atoms with van der Waals surface area (Å²) in [5, 5.41) is 3.23. The van der Waals surface area contributed by atoms with E-state index in [1.54, 1.807) is 19.1 Å². The van der Waals surface area contributed by atoms with Gasteiger partial charge in [0.25, 0.3) is 0 Å². The summed E-state index contributed by atoms with van der Waals surface area (Å²) in [7, 11) is 5.05. The number of hydrogen-bond donors (Lipinski definition) is 1. The molecule has 1 atom stereocenters. The Morgan fingerprint density at radius 3 is 2.70 bits per heavy atom. The predicted molar refractivity (Wildman–Crippen MR) is 77.0 cm³/mol. The quantitative estimate of drug-likeness (QED) is 0.885. The van der Waals surface area contributed by atoms with E-state index in [1.807, 2.05) is 25.2 Å². The van der Waals surface area contributed by atoms with Crippen molar-refractivity contribution in [3.8, 4) is 11.5 Å². The van der Waals surface area contributed by atoms with Crippen LogP contribution >= 0.6 is 0 Å². The second-order valence-electron chi connectivity index (χ2n) is 5.03. The van der Waals surface area contributed by atoms with Gasteiger partial charge in [-0.05, 0) is 37.1 Å². The van der Waals surface area contributed by atoms with Crippen molar-refractivity contribution in [1.82, 2.24) is 10.2 Å². The molecule has 1 aliphatic rings. The molecule has 1 aromatic carbocycles. The van der Waals surface area contributed by atoms with E-state index in [2.05, 4.69) is 5.32 Å². The molecule has 0 unspecified atom stereocenters. The number of carbonyl (C=O) groups excluding carboxylic acids is 1. The lowest BCUT2D eigenvalue weighted by Crippen LogP contribution is -2.41. The first kappa shape index (κ1) is 14.7. The lowest BCUT2D eigenvalue weighted by atomic mass is 10.1. The van der Waals surface area contributed by atoms with Crippen LogP contribution in [0.3, 0.4) is 0 Å². The minimum Gasteiger partial charge on any atom is -0.493 e. The molecule has 110 valence electrons. The highest BCUT2D eigenvalue weighted by molar-refractivity contribution is 5.81. The largest absolute Gasteiger partial charge is 0.493 e. The first-order valence-corrected chi connectivity index (χ1v) is 6.85. The highest BCUT2D eigenvalue weighted by Crippen LogP contribution is 2.28. The molecular formula is C15H22N2O3. The van der Waals surface area contributed by atoms with Crippen LogP contribution in [0.5, 0.6) is 11.5 Å². The van der Waals surface area contributed by atoms with Gasteiger partial charge < -0.3 is 19.7 Å². The molecule has 1 aromatic rings.